The van der Waals surface area contributed by atoms with E-state index in [1.807, 2.05) is 0 Å². The maximum atomic E-state index is 12.3. The Hall–Kier alpha value is -3.39. The van der Waals surface area contributed by atoms with Crippen molar-refractivity contribution in [3.63, 3.8) is 0 Å². The van der Waals surface area contributed by atoms with Gasteiger partial charge in [-0.05, 0) is 32.0 Å². The summed E-state index contributed by atoms with van der Waals surface area (Å²) in [7, 11) is 1.39. The van der Waals surface area contributed by atoms with E-state index in [2.05, 4.69) is 30.5 Å². The van der Waals surface area contributed by atoms with Gasteiger partial charge in [0.05, 0.1) is 25.9 Å². The third-order valence-corrected chi connectivity index (χ3v) is 5.04. The number of nitrogens with one attached hydrogen (secondary N) is 2. The zero-order chi connectivity index (χ0) is 25.4. The van der Waals surface area contributed by atoms with Crippen molar-refractivity contribution in [2.75, 3.05) is 57.1 Å². The smallest absolute Gasteiger partial charge is 0.490 e. The number of hydrogen-bond donors (Lipinski definition) is 2. The van der Waals surface area contributed by atoms with E-state index in [-0.39, 0.29) is 23.3 Å². The molecule has 35 heavy (non-hydrogen) atoms. The Labute approximate surface area is 198 Å². The van der Waals surface area contributed by atoms with Crippen molar-refractivity contribution in [2.45, 2.75) is 25.6 Å². The highest BCUT2D eigenvalue weighted by Crippen LogP contribution is 2.32. The molecule has 1 aliphatic rings. The van der Waals surface area contributed by atoms with Gasteiger partial charge in [0.2, 0.25) is 0 Å². The summed E-state index contributed by atoms with van der Waals surface area (Å²) in [6.45, 7) is 5.91. The molecule has 0 saturated carbocycles. The van der Waals surface area contributed by atoms with Crippen LogP contribution in [0.5, 0.6) is 5.75 Å². The molecule has 1 aromatic carbocycles. The normalized spacial score (nSPS) is 15.3. The topological polar surface area (TPSA) is 128 Å². The number of amides is 1. The average Bonchev–Trinajstić information content (AvgIpc) is 3.30. The minimum atomic E-state index is -5.19. The van der Waals surface area contributed by atoms with Crippen LogP contribution in [0, 0.1) is 0 Å². The predicted molar refractivity (Wildman–Crippen MR) is 117 cm³/mol. The second kappa shape index (κ2) is 11.8. The lowest BCUT2D eigenvalue weighted by molar-refractivity contribution is -0.204. The Bertz CT molecular complexity index is 1010. The fourth-order valence-corrected chi connectivity index (χ4v) is 3.20. The minimum Gasteiger partial charge on any atom is -0.496 e. The van der Waals surface area contributed by atoms with Crippen LogP contribution in [-0.2, 0) is 19.1 Å². The van der Waals surface area contributed by atoms with Crippen LogP contribution >= 0.6 is 0 Å². The molecule has 0 spiro atoms. The summed E-state index contributed by atoms with van der Waals surface area (Å²) in [5.74, 6) is -2.96. The molecule has 0 aliphatic carbocycles. The van der Waals surface area contributed by atoms with E-state index >= 15 is 0 Å². The summed E-state index contributed by atoms with van der Waals surface area (Å²) < 4.78 is 57.4. The molecule has 1 fully saturated rings. The molecule has 2 aromatic rings. The fourth-order valence-electron chi connectivity index (χ4n) is 3.20. The first-order chi connectivity index (χ1) is 16.7. The lowest BCUT2D eigenvalue weighted by Crippen LogP contribution is -2.37. The van der Waals surface area contributed by atoms with Gasteiger partial charge in [-0.25, -0.2) is 4.79 Å². The Morgan fingerprint density at radius 3 is 2.66 bits per heavy atom. The number of nitrogens with zero attached hydrogens (tertiary/aromatic N) is 3. The van der Waals surface area contributed by atoms with Gasteiger partial charge in [0.25, 0.3) is 11.8 Å². The van der Waals surface area contributed by atoms with E-state index in [4.69, 9.17) is 13.9 Å². The highest BCUT2D eigenvalue weighted by molar-refractivity contribution is 5.95. The van der Waals surface area contributed by atoms with Gasteiger partial charge in [-0.3, -0.25) is 9.69 Å². The number of anilines is 2. The molecule has 192 valence electrons. The number of hydrogen-bond acceptors (Lipinski definition) is 10. The van der Waals surface area contributed by atoms with Crippen molar-refractivity contribution in [2.24, 2.45) is 0 Å². The minimum absolute atomic E-state index is 0.169. The van der Waals surface area contributed by atoms with E-state index in [0.717, 1.165) is 46.2 Å². The SMILES string of the molecule is COc1cc(NC(=O)C(C)OC(=O)C(F)(F)F)ccc1-c1nnc(NCCCN2CCOCC2)o1. The van der Waals surface area contributed by atoms with Crippen molar-refractivity contribution < 1.29 is 41.4 Å². The van der Waals surface area contributed by atoms with Gasteiger partial charge in [0.15, 0.2) is 6.10 Å². The van der Waals surface area contributed by atoms with Crippen LogP contribution in [0.2, 0.25) is 0 Å². The first kappa shape index (κ1) is 26.2. The molecule has 1 aliphatic heterocycles. The lowest BCUT2D eigenvalue weighted by Gasteiger charge is -2.26. The van der Waals surface area contributed by atoms with Crippen molar-refractivity contribution in [1.82, 2.24) is 15.1 Å². The largest absolute Gasteiger partial charge is 0.496 e. The number of alkyl halides is 3. The molecule has 3 rings (SSSR count). The predicted octanol–water partition coefficient (Wildman–Crippen LogP) is 2.31. The van der Waals surface area contributed by atoms with Gasteiger partial charge in [-0.1, -0.05) is 5.10 Å². The van der Waals surface area contributed by atoms with Gasteiger partial charge in [0, 0.05) is 31.4 Å². The Balaban J connectivity index is 1.55. The number of morpholine rings is 1. The molecule has 1 saturated heterocycles. The summed E-state index contributed by atoms with van der Waals surface area (Å²) in [5.41, 5.74) is 0.641. The highest BCUT2D eigenvalue weighted by Gasteiger charge is 2.42. The first-order valence-electron chi connectivity index (χ1n) is 10.8. The van der Waals surface area contributed by atoms with E-state index in [1.165, 1.54) is 25.3 Å². The summed E-state index contributed by atoms with van der Waals surface area (Å²) >= 11 is 0. The third kappa shape index (κ3) is 7.55. The van der Waals surface area contributed by atoms with Crippen molar-refractivity contribution >= 4 is 23.6 Å². The van der Waals surface area contributed by atoms with Crippen LogP contribution in [-0.4, -0.2) is 85.8 Å². The molecule has 14 heteroatoms. The average molecular weight is 501 g/mol. The maximum Gasteiger partial charge on any atom is 0.490 e. The van der Waals surface area contributed by atoms with Crippen LogP contribution in [0.15, 0.2) is 22.6 Å². The number of carbonyl (C=O) groups excluding carboxylic acids is 2. The van der Waals surface area contributed by atoms with Crippen LogP contribution in [0.4, 0.5) is 24.9 Å². The van der Waals surface area contributed by atoms with E-state index < -0.39 is 24.2 Å². The molecule has 0 radical (unpaired) electrons. The summed E-state index contributed by atoms with van der Waals surface area (Å²) in [6, 6.07) is 4.66. The molecule has 1 unspecified atom stereocenters. The first-order valence-corrected chi connectivity index (χ1v) is 10.8. The second-order valence-corrected chi connectivity index (χ2v) is 7.60. The van der Waals surface area contributed by atoms with Gasteiger partial charge in [0.1, 0.15) is 5.75 Å². The second-order valence-electron chi connectivity index (χ2n) is 7.60. The standard InChI is InChI=1S/C21H26F3N5O6/c1-13(34-19(31)21(22,23)24)17(30)26-14-4-5-15(16(12-14)32-2)18-27-28-20(35-18)25-6-3-7-29-8-10-33-11-9-29/h4-5,12-13H,3,6-11H2,1-2H3,(H,25,28)(H,26,30). The van der Waals surface area contributed by atoms with Gasteiger partial charge >= 0.3 is 18.2 Å². The maximum absolute atomic E-state index is 12.3. The number of rotatable bonds is 10. The third-order valence-electron chi connectivity index (χ3n) is 5.04. The number of methoxy groups -OCH3 is 1. The number of aromatic nitrogens is 2. The van der Waals surface area contributed by atoms with Crippen LogP contribution in [0.25, 0.3) is 11.5 Å². The zero-order valence-electron chi connectivity index (χ0n) is 19.2. The summed E-state index contributed by atoms with van der Waals surface area (Å²) in [4.78, 5) is 25.3. The lowest BCUT2D eigenvalue weighted by atomic mass is 10.1. The Morgan fingerprint density at radius 1 is 1.23 bits per heavy atom. The number of esters is 1. The number of carbonyl (C=O) groups is 2. The highest BCUT2D eigenvalue weighted by atomic mass is 19.4. The number of halogens is 3. The zero-order valence-corrected chi connectivity index (χ0v) is 19.2. The summed E-state index contributed by atoms with van der Waals surface area (Å²) in [5, 5.41) is 13.4. The van der Waals surface area contributed by atoms with Crippen LogP contribution < -0.4 is 15.4 Å². The van der Waals surface area contributed by atoms with Crippen molar-refractivity contribution in [1.29, 1.82) is 0 Å². The Morgan fingerprint density at radius 2 is 1.97 bits per heavy atom. The van der Waals surface area contributed by atoms with Gasteiger partial charge in [-0.15, -0.1) is 5.10 Å². The van der Waals surface area contributed by atoms with Crippen molar-refractivity contribution in [3.8, 4) is 17.2 Å². The van der Waals surface area contributed by atoms with E-state index in [1.54, 1.807) is 0 Å². The molecular weight excluding hydrogens is 475 g/mol. The fraction of sp³-hybridized carbons (Fsp3) is 0.524. The van der Waals surface area contributed by atoms with E-state index in [0.29, 0.717) is 12.1 Å². The molecule has 1 amide bonds. The van der Waals surface area contributed by atoms with Gasteiger partial charge < -0.3 is 29.3 Å². The molecular formula is C21H26F3N5O6. The number of benzene rings is 1. The van der Waals surface area contributed by atoms with Crippen molar-refractivity contribution in [3.05, 3.63) is 18.2 Å². The quantitative estimate of drug-likeness (QED) is 0.370. The molecule has 0 bridgehead atoms. The molecule has 2 N–H and O–H groups in total. The van der Waals surface area contributed by atoms with Gasteiger partial charge in [-0.2, -0.15) is 13.2 Å². The molecule has 1 atom stereocenters. The Kier molecular flexibility index (Phi) is 8.87. The summed E-state index contributed by atoms with van der Waals surface area (Å²) in [6.07, 6.45) is -5.98. The molecule has 2 heterocycles. The number of ether oxygens (including phenoxy) is 3. The van der Waals surface area contributed by atoms with Crippen LogP contribution in [0.1, 0.15) is 13.3 Å². The van der Waals surface area contributed by atoms with Crippen LogP contribution in [0.3, 0.4) is 0 Å². The monoisotopic (exact) mass is 501 g/mol. The van der Waals surface area contributed by atoms with E-state index in [9.17, 15) is 22.8 Å². The molecule has 11 nitrogen and oxygen atoms in total. The molecule has 1 aromatic heterocycles.